The predicted molar refractivity (Wildman–Crippen MR) is 81.6 cm³/mol. The summed E-state index contributed by atoms with van der Waals surface area (Å²) in [5, 5.41) is 0. The van der Waals surface area contributed by atoms with E-state index in [1.165, 1.54) is 0 Å². The molecule has 0 radical (unpaired) electrons. The van der Waals surface area contributed by atoms with Gasteiger partial charge in [0.25, 0.3) is 10.0 Å². The van der Waals surface area contributed by atoms with Crippen molar-refractivity contribution in [1.82, 2.24) is 4.72 Å². The molecule has 0 amide bonds. The standard InChI is InChI=1S/C16H17NO2S/c1-3-16(14-7-5-4-6-8-14)17-20(18,19)15-11-9-13(2)10-12-15/h3-12,17H,1-2H3/b16-3-. The Hall–Kier alpha value is -2.07. The number of allylic oxidation sites excluding steroid dienone is 1. The third kappa shape index (κ3) is 3.27. The molecule has 0 fully saturated rings. The lowest BCUT2D eigenvalue weighted by atomic mass is 10.2. The first-order valence-corrected chi connectivity index (χ1v) is 7.82. The molecule has 0 aromatic heterocycles. The van der Waals surface area contributed by atoms with Crippen molar-refractivity contribution in [3.63, 3.8) is 0 Å². The molecule has 4 heteroatoms. The lowest BCUT2D eigenvalue weighted by Gasteiger charge is -2.12. The van der Waals surface area contributed by atoms with Gasteiger partial charge in [0.15, 0.2) is 0 Å². The van der Waals surface area contributed by atoms with Gasteiger partial charge in [0, 0.05) is 0 Å². The summed E-state index contributed by atoms with van der Waals surface area (Å²) in [5.41, 5.74) is 2.44. The highest BCUT2D eigenvalue weighted by molar-refractivity contribution is 7.89. The Morgan fingerprint density at radius 2 is 1.60 bits per heavy atom. The number of nitrogens with one attached hydrogen (secondary N) is 1. The second kappa shape index (κ2) is 5.92. The lowest BCUT2D eigenvalue weighted by molar-refractivity contribution is 0.591. The molecule has 0 aliphatic carbocycles. The molecule has 104 valence electrons. The molecule has 0 bridgehead atoms. The Labute approximate surface area is 120 Å². The first-order valence-electron chi connectivity index (χ1n) is 6.34. The van der Waals surface area contributed by atoms with Gasteiger partial charge in [-0.3, -0.25) is 4.72 Å². The van der Waals surface area contributed by atoms with Crippen molar-refractivity contribution in [2.75, 3.05) is 0 Å². The maximum Gasteiger partial charge on any atom is 0.261 e. The zero-order valence-corrected chi connectivity index (χ0v) is 12.3. The van der Waals surface area contributed by atoms with E-state index in [9.17, 15) is 8.42 Å². The van der Waals surface area contributed by atoms with Crippen LogP contribution < -0.4 is 4.72 Å². The molecule has 0 unspecified atom stereocenters. The minimum Gasteiger partial charge on any atom is -0.279 e. The Kier molecular flexibility index (Phi) is 4.25. The monoisotopic (exact) mass is 287 g/mol. The minimum absolute atomic E-state index is 0.262. The van der Waals surface area contributed by atoms with E-state index in [1.807, 2.05) is 37.3 Å². The maximum absolute atomic E-state index is 12.3. The third-order valence-electron chi connectivity index (χ3n) is 2.95. The van der Waals surface area contributed by atoms with Crippen LogP contribution in [0.1, 0.15) is 18.1 Å². The molecule has 0 saturated heterocycles. The van der Waals surface area contributed by atoms with Crippen molar-refractivity contribution in [2.45, 2.75) is 18.7 Å². The summed E-state index contributed by atoms with van der Waals surface area (Å²) in [6.07, 6.45) is 1.75. The van der Waals surface area contributed by atoms with Crippen LogP contribution >= 0.6 is 0 Å². The third-order valence-corrected chi connectivity index (χ3v) is 4.33. The summed E-state index contributed by atoms with van der Waals surface area (Å²) < 4.78 is 27.3. The van der Waals surface area contributed by atoms with Crippen molar-refractivity contribution >= 4 is 15.7 Å². The molecular formula is C16H17NO2S. The van der Waals surface area contributed by atoms with Crippen LogP contribution in [0, 0.1) is 6.92 Å². The van der Waals surface area contributed by atoms with Crippen molar-refractivity contribution in [2.24, 2.45) is 0 Å². The fraction of sp³-hybridized carbons (Fsp3) is 0.125. The van der Waals surface area contributed by atoms with Gasteiger partial charge >= 0.3 is 0 Å². The molecule has 0 atom stereocenters. The molecule has 0 aliphatic rings. The average Bonchev–Trinajstić information content (AvgIpc) is 2.46. The SMILES string of the molecule is C/C=C(\NS(=O)(=O)c1ccc(C)cc1)c1ccccc1. The van der Waals surface area contributed by atoms with Crippen molar-refractivity contribution in [3.05, 3.63) is 71.8 Å². The van der Waals surface area contributed by atoms with Crippen LogP contribution in [0.2, 0.25) is 0 Å². The van der Waals surface area contributed by atoms with E-state index < -0.39 is 10.0 Å². The number of rotatable bonds is 4. The van der Waals surface area contributed by atoms with E-state index in [0.717, 1.165) is 11.1 Å². The lowest BCUT2D eigenvalue weighted by Crippen LogP contribution is -2.22. The fourth-order valence-electron chi connectivity index (χ4n) is 1.82. The molecule has 2 aromatic rings. The van der Waals surface area contributed by atoms with E-state index in [1.54, 1.807) is 37.3 Å². The van der Waals surface area contributed by atoms with Gasteiger partial charge in [-0.2, -0.15) is 0 Å². The van der Waals surface area contributed by atoms with Gasteiger partial charge in [-0.1, -0.05) is 54.1 Å². The first kappa shape index (κ1) is 14.3. The fourth-order valence-corrected chi connectivity index (χ4v) is 2.96. The maximum atomic E-state index is 12.3. The van der Waals surface area contributed by atoms with E-state index in [0.29, 0.717) is 5.70 Å². The van der Waals surface area contributed by atoms with Gasteiger partial charge in [-0.05, 0) is 31.5 Å². The van der Waals surface area contributed by atoms with E-state index >= 15 is 0 Å². The van der Waals surface area contributed by atoms with Gasteiger partial charge in [0.2, 0.25) is 0 Å². The normalized spacial score (nSPS) is 12.2. The van der Waals surface area contributed by atoms with Crippen LogP contribution in [0.3, 0.4) is 0 Å². The Bertz CT molecular complexity index is 702. The van der Waals surface area contributed by atoms with Crippen LogP contribution in [-0.2, 0) is 10.0 Å². The van der Waals surface area contributed by atoms with E-state index in [4.69, 9.17) is 0 Å². The predicted octanol–water partition coefficient (Wildman–Crippen LogP) is 3.33. The molecule has 0 aliphatic heterocycles. The number of hydrogen-bond donors (Lipinski definition) is 1. The number of sulfonamides is 1. The quantitative estimate of drug-likeness (QED) is 0.937. The largest absolute Gasteiger partial charge is 0.279 e. The van der Waals surface area contributed by atoms with Gasteiger partial charge in [-0.25, -0.2) is 8.42 Å². The minimum atomic E-state index is -3.55. The Morgan fingerprint density at radius 3 is 2.15 bits per heavy atom. The summed E-state index contributed by atoms with van der Waals surface area (Å²) in [5.74, 6) is 0. The highest BCUT2D eigenvalue weighted by Crippen LogP contribution is 2.16. The van der Waals surface area contributed by atoms with E-state index in [2.05, 4.69) is 4.72 Å². The molecule has 2 rings (SSSR count). The Balaban J connectivity index is 2.30. The van der Waals surface area contributed by atoms with E-state index in [-0.39, 0.29) is 4.90 Å². The van der Waals surface area contributed by atoms with Crippen LogP contribution in [-0.4, -0.2) is 8.42 Å². The highest BCUT2D eigenvalue weighted by Gasteiger charge is 2.15. The summed E-state index contributed by atoms with van der Waals surface area (Å²) in [4.78, 5) is 0.262. The van der Waals surface area contributed by atoms with Crippen molar-refractivity contribution < 1.29 is 8.42 Å². The molecular weight excluding hydrogens is 270 g/mol. The second-order valence-electron chi connectivity index (χ2n) is 4.49. The Morgan fingerprint density at radius 1 is 1.00 bits per heavy atom. The highest BCUT2D eigenvalue weighted by atomic mass is 32.2. The van der Waals surface area contributed by atoms with Gasteiger partial charge in [0.1, 0.15) is 0 Å². The molecule has 20 heavy (non-hydrogen) atoms. The van der Waals surface area contributed by atoms with Gasteiger partial charge in [-0.15, -0.1) is 0 Å². The van der Waals surface area contributed by atoms with Crippen LogP contribution in [0.25, 0.3) is 5.70 Å². The summed E-state index contributed by atoms with van der Waals surface area (Å²) >= 11 is 0. The molecule has 0 saturated carbocycles. The van der Waals surface area contributed by atoms with Crippen molar-refractivity contribution in [3.8, 4) is 0 Å². The molecule has 1 N–H and O–H groups in total. The smallest absolute Gasteiger partial charge is 0.261 e. The van der Waals surface area contributed by atoms with Crippen molar-refractivity contribution in [1.29, 1.82) is 0 Å². The molecule has 2 aromatic carbocycles. The number of benzene rings is 2. The van der Waals surface area contributed by atoms with Crippen LogP contribution in [0.5, 0.6) is 0 Å². The average molecular weight is 287 g/mol. The van der Waals surface area contributed by atoms with Crippen LogP contribution in [0.4, 0.5) is 0 Å². The van der Waals surface area contributed by atoms with Crippen LogP contribution in [0.15, 0.2) is 65.6 Å². The van der Waals surface area contributed by atoms with Gasteiger partial charge < -0.3 is 0 Å². The molecule has 0 heterocycles. The number of aryl methyl sites for hydroxylation is 1. The topological polar surface area (TPSA) is 46.2 Å². The number of hydrogen-bond acceptors (Lipinski definition) is 2. The summed E-state index contributed by atoms with van der Waals surface area (Å²) in [6.45, 7) is 3.73. The first-order chi connectivity index (χ1) is 9.53. The zero-order chi connectivity index (χ0) is 14.6. The van der Waals surface area contributed by atoms with Gasteiger partial charge in [0.05, 0.1) is 10.6 Å². The zero-order valence-electron chi connectivity index (χ0n) is 11.5. The summed E-state index contributed by atoms with van der Waals surface area (Å²) in [6, 6.07) is 16.2. The molecule has 0 spiro atoms. The second-order valence-corrected chi connectivity index (χ2v) is 6.17. The summed E-state index contributed by atoms with van der Waals surface area (Å²) in [7, 11) is -3.55. The molecule has 3 nitrogen and oxygen atoms in total.